The average Bonchev–Trinajstić information content (AvgIpc) is 2.63. The summed E-state index contributed by atoms with van der Waals surface area (Å²) in [6, 6.07) is 9.10. The zero-order valence-corrected chi connectivity index (χ0v) is 10.3. The standard InChI is InChI=1S/C11H10BrNOS/c12-10-5-6-15-11(10)7-13-8-1-3-9(14)4-2-8/h1-6,13-14H,7H2. The first-order valence-electron chi connectivity index (χ1n) is 4.50. The van der Waals surface area contributed by atoms with E-state index in [2.05, 4.69) is 26.6 Å². The minimum absolute atomic E-state index is 0.290. The van der Waals surface area contributed by atoms with E-state index < -0.39 is 0 Å². The predicted octanol–water partition coefficient (Wildman–Crippen LogP) is 3.83. The molecule has 0 aliphatic carbocycles. The van der Waals surface area contributed by atoms with Gasteiger partial charge in [-0.3, -0.25) is 0 Å². The Labute approximate surface area is 101 Å². The second-order valence-corrected chi connectivity index (χ2v) is 4.95. The highest BCUT2D eigenvalue weighted by Gasteiger charge is 2.00. The third-order valence-corrected chi connectivity index (χ3v) is 3.94. The van der Waals surface area contributed by atoms with E-state index in [-0.39, 0.29) is 5.75 Å². The highest BCUT2D eigenvalue weighted by molar-refractivity contribution is 9.10. The fraction of sp³-hybridized carbons (Fsp3) is 0.0909. The number of halogens is 1. The van der Waals surface area contributed by atoms with Crippen molar-refractivity contribution in [2.75, 3.05) is 5.32 Å². The maximum absolute atomic E-state index is 9.12. The van der Waals surface area contributed by atoms with Crippen molar-refractivity contribution < 1.29 is 5.11 Å². The van der Waals surface area contributed by atoms with Gasteiger partial charge in [-0.05, 0) is 51.6 Å². The molecule has 0 spiro atoms. The number of hydrogen-bond acceptors (Lipinski definition) is 3. The van der Waals surface area contributed by atoms with Crippen LogP contribution in [0.3, 0.4) is 0 Å². The minimum atomic E-state index is 0.290. The Morgan fingerprint density at radius 2 is 1.93 bits per heavy atom. The molecule has 0 saturated carbocycles. The average molecular weight is 284 g/mol. The number of phenolic OH excluding ortho intramolecular Hbond substituents is 1. The summed E-state index contributed by atoms with van der Waals surface area (Å²) in [5.41, 5.74) is 1.01. The highest BCUT2D eigenvalue weighted by atomic mass is 79.9. The van der Waals surface area contributed by atoms with Crippen LogP contribution in [0, 0.1) is 0 Å². The molecule has 2 aromatic rings. The van der Waals surface area contributed by atoms with Gasteiger partial charge >= 0.3 is 0 Å². The molecule has 0 saturated heterocycles. The van der Waals surface area contributed by atoms with Crippen molar-refractivity contribution in [1.82, 2.24) is 0 Å². The van der Waals surface area contributed by atoms with Crippen LogP contribution in [0.2, 0.25) is 0 Å². The first-order valence-corrected chi connectivity index (χ1v) is 6.18. The van der Waals surface area contributed by atoms with Crippen molar-refractivity contribution in [3.8, 4) is 5.75 Å². The number of aromatic hydroxyl groups is 1. The molecule has 0 aliphatic heterocycles. The molecular formula is C11H10BrNOS. The molecule has 1 heterocycles. The van der Waals surface area contributed by atoms with E-state index in [0.29, 0.717) is 0 Å². The van der Waals surface area contributed by atoms with E-state index in [1.807, 2.05) is 18.2 Å². The molecule has 4 heteroatoms. The van der Waals surface area contributed by atoms with Crippen LogP contribution in [0.4, 0.5) is 5.69 Å². The molecule has 0 radical (unpaired) electrons. The van der Waals surface area contributed by atoms with Crippen LogP contribution >= 0.6 is 27.3 Å². The van der Waals surface area contributed by atoms with Gasteiger partial charge in [0.2, 0.25) is 0 Å². The highest BCUT2D eigenvalue weighted by Crippen LogP contribution is 2.24. The first-order chi connectivity index (χ1) is 7.25. The fourth-order valence-corrected chi connectivity index (χ4v) is 2.65. The van der Waals surface area contributed by atoms with Crippen molar-refractivity contribution in [3.63, 3.8) is 0 Å². The van der Waals surface area contributed by atoms with Crippen molar-refractivity contribution >= 4 is 33.0 Å². The zero-order valence-electron chi connectivity index (χ0n) is 7.90. The van der Waals surface area contributed by atoms with E-state index in [1.54, 1.807) is 23.5 Å². The van der Waals surface area contributed by atoms with Crippen molar-refractivity contribution in [2.24, 2.45) is 0 Å². The number of anilines is 1. The summed E-state index contributed by atoms with van der Waals surface area (Å²) >= 11 is 5.20. The molecule has 0 unspecified atom stereocenters. The van der Waals surface area contributed by atoms with Crippen molar-refractivity contribution in [1.29, 1.82) is 0 Å². The first kappa shape index (κ1) is 10.5. The van der Waals surface area contributed by atoms with Crippen molar-refractivity contribution in [3.05, 3.63) is 45.1 Å². The van der Waals surface area contributed by atoms with E-state index in [9.17, 15) is 0 Å². The quantitative estimate of drug-likeness (QED) is 0.840. The van der Waals surface area contributed by atoms with E-state index in [1.165, 1.54) is 4.88 Å². The Bertz CT molecular complexity index is 438. The van der Waals surface area contributed by atoms with Gasteiger partial charge in [0.15, 0.2) is 0 Å². The lowest BCUT2D eigenvalue weighted by Gasteiger charge is -2.05. The third-order valence-electron chi connectivity index (χ3n) is 2.01. The van der Waals surface area contributed by atoms with Crippen LogP contribution in [0.25, 0.3) is 0 Å². The largest absolute Gasteiger partial charge is 0.508 e. The number of phenols is 1. The van der Waals surface area contributed by atoms with Gasteiger partial charge < -0.3 is 10.4 Å². The second kappa shape index (κ2) is 4.68. The number of thiophene rings is 1. The lowest BCUT2D eigenvalue weighted by molar-refractivity contribution is 0.475. The van der Waals surface area contributed by atoms with Crippen LogP contribution in [0.5, 0.6) is 5.75 Å². The van der Waals surface area contributed by atoms with Gasteiger partial charge in [-0.25, -0.2) is 0 Å². The van der Waals surface area contributed by atoms with Crippen LogP contribution < -0.4 is 5.32 Å². The Balaban J connectivity index is 1.99. The van der Waals surface area contributed by atoms with Crippen molar-refractivity contribution in [2.45, 2.75) is 6.54 Å². The molecule has 78 valence electrons. The molecule has 0 atom stereocenters. The smallest absolute Gasteiger partial charge is 0.115 e. The Kier molecular flexibility index (Phi) is 3.28. The molecule has 2 N–H and O–H groups in total. The Hall–Kier alpha value is -1.00. The fourth-order valence-electron chi connectivity index (χ4n) is 1.21. The molecule has 0 amide bonds. The van der Waals surface area contributed by atoms with Gasteiger partial charge in [-0.2, -0.15) is 0 Å². The molecular weight excluding hydrogens is 274 g/mol. The van der Waals surface area contributed by atoms with Gasteiger partial charge in [-0.1, -0.05) is 0 Å². The summed E-state index contributed by atoms with van der Waals surface area (Å²) in [5.74, 6) is 0.290. The maximum atomic E-state index is 9.12. The van der Waals surface area contributed by atoms with Gasteiger partial charge in [-0.15, -0.1) is 11.3 Å². The van der Waals surface area contributed by atoms with E-state index in [4.69, 9.17) is 5.11 Å². The van der Waals surface area contributed by atoms with Crippen LogP contribution in [0.15, 0.2) is 40.2 Å². The lowest BCUT2D eigenvalue weighted by Crippen LogP contribution is -1.97. The second-order valence-electron chi connectivity index (χ2n) is 3.09. The van der Waals surface area contributed by atoms with Gasteiger partial charge in [0.25, 0.3) is 0 Å². The number of benzene rings is 1. The normalized spacial score (nSPS) is 10.2. The van der Waals surface area contributed by atoms with E-state index in [0.717, 1.165) is 16.7 Å². The molecule has 2 rings (SSSR count). The summed E-state index contributed by atoms with van der Waals surface area (Å²) in [6.45, 7) is 0.795. The van der Waals surface area contributed by atoms with Gasteiger partial charge in [0, 0.05) is 15.0 Å². The predicted molar refractivity (Wildman–Crippen MR) is 67.5 cm³/mol. The van der Waals surface area contributed by atoms with Crippen LogP contribution in [-0.2, 0) is 6.54 Å². The molecule has 0 fully saturated rings. The van der Waals surface area contributed by atoms with E-state index >= 15 is 0 Å². The Morgan fingerprint density at radius 1 is 1.20 bits per heavy atom. The summed E-state index contributed by atoms with van der Waals surface area (Å²) in [7, 11) is 0. The SMILES string of the molecule is Oc1ccc(NCc2sccc2Br)cc1. The number of rotatable bonds is 3. The topological polar surface area (TPSA) is 32.3 Å². The third kappa shape index (κ3) is 2.73. The molecule has 1 aromatic carbocycles. The summed E-state index contributed by atoms with van der Waals surface area (Å²) < 4.78 is 1.14. The number of nitrogens with one attached hydrogen (secondary N) is 1. The summed E-state index contributed by atoms with van der Waals surface area (Å²) in [6.07, 6.45) is 0. The maximum Gasteiger partial charge on any atom is 0.115 e. The molecule has 0 bridgehead atoms. The number of hydrogen-bond donors (Lipinski definition) is 2. The van der Waals surface area contributed by atoms with Gasteiger partial charge in [0.1, 0.15) is 5.75 Å². The van der Waals surface area contributed by atoms with Crippen LogP contribution in [-0.4, -0.2) is 5.11 Å². The molecule has 2 nitrogen and oxygen atoms in total. The Morgan fingerprint density at radius 3 is 2.53 bits per heavy atom. The zero-order chi connectivity index (χ0) is 10.7. The molecule has 1 aromatic heterocycles. The monoisotopic (exact) mass is 283 g/mol. The minimum Gasteiger partial charge on any atom is -0.508 e. The van der Waals surface area contributed by atoms with Gasteiger partial charge in [0.05, 0.1) is 6.54 Å². The molecule has 0 aliphatic rings. The van der Waals surface area contributed by atoms with Crippen LogP contribution in [0.1, 0.15) is 4.88 Å². The summed E-state index contributed by atoms with van der Waals surface area (Å²) in [5, 5.41) is 14.5. The summed E-state index contributed by atoms with van der Waals surface area (Å²) in [4.78, 5) is 1.27. The molecule has 15 heavy (non-hydrogen) atoms. The lowest BCUT2D eigenvalue weighted by atomic mass is 10.3.